The van der Waals surface area contributed by atoms with Crippen LogP contribution in [0.15, 0.2) is 53.4 Å². The minimum absolute atomic E-state index is 0.221. The first-order valence-electron chi connectivity index (χ1n) is 9.29. The molecule has 1 atom stereocenters. The molecule has 3 rings (SSSR count). The zero-order valence-electron chi connectivity index (χ0n) is 15.7. The molecule has 2 N–H and O–H groups in total. The maximum Gasteiger partial charge on any atom is 0.246 e. The average molecular weight is 422 g/mol. The number of amides is 1. The Labute approximate surface area is 170 Å². The lowest BCUT2D eigenvalue weighted by Gasteiger charge is -2.25. The fourth-order valence-corrected chi connectivity index (χ4v) is 4.72. The lowest BCUT2D eigenvalue weighted by molar-refractivity contribution is -0.116. The number of sulfonamides is 1. The average Bonchev–Trinajstić information content (AvgIpc) is 2.70. The maximum atomic E-state index is 12.7. The van der Waals surface area contributed by atoms with Gasteiger partial charge in [-0.25, -0.2) is 8.42 Å². The van der Waals surface area contributed by atoms with Crippen molar-refractivity contribution in [1.29, 1.82) is 0 Å². The summed E-state index contributed by atoms with van der Waals surface area (Å²) in [4.78, 5) is 12.6. The Morgan fingerprint density at radius 1 is 0.964 bits per heavy atom. The van der Waals surface area contributed by atoms with Crippen LogP contribution in [0.1, 0.15) is 26.2 Å². The lowest BCUT2D eigenvalue weighted by atomic mass is 10.2. The van der Waals surface area contributed by atoms with E-state index >= 15 is 0 Å². The monoisotopic (exact) mass is 421 g/mol. The Balaban J connectivity index is 1.61. The van der Waals surface area contributed by atoms with Gasteiger partial charge in [0.25, 0.3) is 0 Å². The molecule has 1 saturated heterocycles. The van der Waals surface area contributed by atoms with Gasteiger partial charge in [-0.2, -0.15) is 4.31 Å². The molecule has 28 heavy (non-hydrogen) atoms. The largest absolute Gasteiger partial charge is 0.374 e. The van der Waals surface area contributed by atoms with Crippen molar-refractivity contribution in [3.8, 4) is 0 Å². The maximum absolute atomic E-state index is 12.7. The van der Waals surface area contributed by atoms with Gasteiger partial charge in [0, 0.05) is 29.5 Å². The molecule has 2 aromatic carbocycles. The highest BCUT2D eigenvalue weighted by Crippen LogP contribution is 2.22. The van der Waals surface area contributed by atoms with Gasteiger partial charge >= 0.3 is 0 Å². The summed E-state index contributed by atoms with van der Waals surface area (Å²) in [5, 5.41) is 6.52. The number of nitrogens with one attached hydrogen (secondary N) is 2. The van der Waals surface area contributed by atoms with E-state index in [1.807, 2.05) is 0 Å². The van der Waals surface area contributed by atoms with Gasteiger partial charge in [0.05, 0.1) is 4.90 Å². The van der Waals surface area contributed by atoms with Crippen molar-refractivity contribution in [2.24, 2.45) is 0 Å². The van der Waals surface area contributed by atoms with Gasteiger partial charge in [0.15, 0.2) is 0 Å². The normalized spacial score (nSPS) is 16.4. The van der Waals surface area contributed by atoms with Crippen molar-refractivity contribution in [1.82, 2.24) is 4.31 Å². The molecule has 2 aromatic rings. The third-order valence-electron chi connectivity index (χ3n) is 4.70. The topological polar surface area (TPSA) is 78.5 Å². The van der Waals surface area contributed by atoms with Gasteiger partial charge in [-0.1, -0.05) is 18.0 Å². The number of hydrogen-bond acceptors (Lipinski definition) is 4. The number of benzene rings is 2. The van der Waals surface area contributed by atoms with Crippen LogP contribution in [0, 0.1) is 0 Å². The summed E-state index contributed by atoms with van der Waals surface area (Å²) in [5.74, 6) is -0.221. The summed E-state index contributed by atoms with van der Waals surface area (Å²) >= 11 is 5.86. The molecule has 8 heteroatoms. The Hall–Kier alpha value is -2.09. The highest BCUT2D eigenvalue weighted by Gasteiger charge is 2.25. The van der Waals surface area contributed by atoms with Gasteiger partial charge in [0.1, 0.15) is 6.04 Å². The molecule has 1 fully saturated rings. The van der Waals surface area contributed by atoms with E-state index in [0.717, 1.165) is 24.9 Å². The molecular weight excluding hydrogens is 398 g/mol. The zero-order chi connectivity index (χ0) is 20.1. The Morgan fingerprint density at radius 3 is 2.14 bits per heavy atom. The summed E-state index contributed by atoms with van der Waals surface area (Å²) in [7, 11) is -3.47. The van der Waals surface area contributed by atoms with Crippen molar-refractivity contribution < 1.29 is 13.2 Å². The smallest absolute Gasteiger partial charge is 0.246 e. The van der Waals surface area contributed by atoms with Crippen molar-refractivity contribution in [2.45, 2.75) is 37.1 Å². The number of carbonyl (C=O) groups excluding carboxylic acids is 1. The number of nitrogens with zero attached hydrogens (tertiary/aromatic N) is 1. The van der Waals surface area contributed by atoms with Gasteiger partial charge in [0.2, 0.25) is 15.9 Å². The van der Waals surface area contributed by atoms with Crippen LogP contribution in [-0.2, 0) is 14.8 Å². The van der Waals surface area contributed by atoms with Crippen LogP contribution >= 0.6 is 11.6 Å². The third kappa shape index (κ3) is 5.04. The Morgan fingerprint density at radius 2 is 1.54 bits per heavy atom. The van der Waals surface area contributed by atoms with Crippen molar-refractivity contribution in [3.63, 3.8) is 0 Å². The van der Waals surface area contributed by atoms with Crippen molar-refractivity contribution in [2.75, 3.05) is 23.7 Å². The molecule has 1 unspecified atom stereocenters. The van der Waals surface area contributed by atoms with Gasteiger partial charge in [-0.3, -0.25) is 4.79 Å². The minimum atomic E-state index is -3.47. The SMILES string of the molecule is CC(Nc1ccc(Cl)cc1)C(=O)Nc1ccc(S(=O)(=O)N2CCCCC2)cc1. The van der Waals surface area contributed by atoms with E-state index in [-0.39, 0.29) is 10.8 Å². The van der Waals surface area contributed by atoms with Crippen LogP contribution in [0.5, 0.6) is 0 Å². The zero-order valence-corrected chi connectivity index (χ0v) is 17.3. The first-order chi connectivity index (χ1) is 13.4. The van der Waals surface area contributed by atoms with Crippen LogP contribution in [0.3, 0.4) is 0 Å². The molecule has 0 saturated carbocycles. The molecule has 150 valence electrons. The Kier molecular flexibility index (Phi) is 6.59. The molecule has 1 aliphatic rings. The number of piperidine rings is 1. The molecule has 1 heterocycles. The second-order valence-corrected chi connectivity index (χ2v) is 9.23. The van der Waals surface area contributed by atoms with Crippen molar-refractivity contribution in [3.05, 3.63) is 53.6 Å². The molecule has 0 spiro atoms. The minimum Gasteiger partial charge on any atom is -0.374 e. The van der Waals surface area contributed by atoms with E-state index in [2.05, 4.69) is 10.6 Å². The molecule has 1 aliphatic heterocycles. The fraction of sp³-hybridized carbons (Fsp3) is 0.350. The fourth-order valence-electron chi connectivity index (χ4n) is 3.08. The van der Waals surface area contributed by atoms with E-state index in [4.69, 9.17) is 11.6 Å². The van der Waals surface area contributed by atoms with Crippen molar-refractivity contribution >= 4 is 38.9 Å². The van der Waals surface area contributed by atoms with E-state index in [1.54, 1.807) is 43.3 Å². The molecule has 0 radical (unpaired) electrons. The van der Waals surface area contributed by atoms with E-state index in [9.17, 15) is 13.2 Å². The van der Waals surface area contributed by atoms with Crippen LogP contribution in [-0.4, -0.2) is 37.8 Å². The number of halogens is 1. The second kappa shape index (κ2) is 8.94. The molecule has 6 nitrogen and oxygen atoms in total. The standard InChI is InChI=1S/C20H24ClN3O3S/c1-15(22-17-7-5-16(21)6-8-17)20(25)23-18-9-11-19(12-10-18)28(26,27)24-13-3-2-4-14-24/h5-12,15,22H,2-4,13-14H2,1H3,(H,23,25). The number of anilines is 2. The number of hydrogen-bond donors (Lipinski definition) is 2. The molecule has 0 aromatic heterocycles. The van der Waals surface area contributed by atoms with Crippen LogP contribution in [0.2, 0.25) is 5.02 Å². The highest BCUT2D eigenvalue weighted by molar-refractivity contribution is 7.89. The van der Waals surface area contributed by atoms with E-state index in [0.29, 0.717) is 23.8 Å². The summed E-state index contributed by atoms with van der Waals surface area (Å²) in [6.07, 6.45) is 2.86. The summed E-state index contributed by atoms with van der Waals surface area (Å²) in [6.45, 7) is 2.88. The van der Waals surface area contributed by atoms with E-state index in [1.165, 1.54) is 16.4 Å². The lowest BCUT2D eigenvalue weighted by Crippen LogP contribution is -2.35. The number of carbonyl (C=O) groups is 1. The van der Waals surface area contributed by atoms with Gasteiger partial charge in [-0.15, -0.1) is 0 Å². The molecule has 1 amide bonds. The predicted molar refractivity (Wildman–Crippen MR) is 112 cm³/mol. The van der Waals surface area contributed by atoms with E-state index < -0.39 is 16.1 Å². The van der Waals surface area contributed by atoms with Crippen LogP contribution < -0.4 is 10.6 Å². The summed E-state index contributed by atoms with van der Waals surface area (Å²) in [6, 6.07) is 12.9. The first kappa shape index (κ1) is 20.6. The third-order valence-corrected chi connectivity index (χ3v) is 6.86. The van der Waals surface area contributed by atoms with Gasteiger partial charge in [-0.05, 0) is 68.3 Å². The Bertz CT molecular complexity index is 909. The summed E-state index contributed by atoms with van der Waals surface area (Å²) < 4.78 is 26.9. The second-order valence-electron chi connectivity index (χ2n) is 6.85. The molecular formula is C20H24ClN3O3S. The quantitative estimate of drug-likeness (QED) is 0.740. The van der Waals surface area contributed by atoms with Crippen LogP contribution in [0.25, 0.3) is 0 Å². The predicted octanol–water partition coefficient (Wildman–Crippen LogP) is 3.95. The molecule has 0 aliphatic carbocycles. The summed E-state index contributed by atoms with van der Waals surface area (Å²) in [5.41, 5.74) is 1.34. The highest BCUT2D eigenvalue weighted by atomic mass is 35.5. The van der Waals surface area contributed by atoms with Gasteiger partial charge < -0.3 is 10.6 Å². The molecule has 0 bridgehead atoms. The number of rotatable bonds is 6. The van der Waals surface area contributed by atoms with Crippen LogP contribution in [0.4, 0.5) is 11.4 Å². The first-order valence-corrected chi connectivity index (χ1v) is 11.1.